The zero-order chi connectivity index (χ0) is 18.6. The molecular formula is C20H28BrIN4O. The summed E-state index contributed by atoms with van der Waals surface area (Å²) in [6.45, 7) is 8.49. The van der Waals surface area contributed by atoms with Gasteiger partial charge in [0.2, 0.25) is 0 Å². The monoisotopic (exact) mass is 546 g/mol. The van der Waals surface area contributed by atoms with Crippen molar-refractivity contribution in [2.45, 2.75) is 45.4 Å². The minimum absolute atomic E-state index is 0. The Hall–Kier alpha value is -1.09. The zero-order valence-corrected chi connectivity index (χ0v) is 20.1. The fourth-order valence-electron chi connectivity index (χ4n) is 3.29. The van der Waals surface area contributed by atoms with Crippen LogP contribution in [-0.2, 0) is 11.8 Å². The molecule has 1 aliphatic rings. The average molecular weight is 547 g/mol. The molecule has 7 heteroatoms. The Bertz CT molecular complexity index is 767. The molecule has 5 nitrogen and oxygen atoms in total. The van der Waals surface area contributed by atoms with Crippen LogP contribution in [0.15, 0.2) is 38.3 Å². The number of hydrogen-bond donors (Lipinski definition) is 2. The topological polar surface area (TPSA) is 62.5 Å². The molecule has 2 N–H and O–H groups in total. The molecule has 148 valence electrons. The van der Waals surface area contributed by atoms with E-state index >= 15 is 0 Å². The third-order valence-corrected chi connectivity index (χ3v) is 5.72. The molecule has 27 heavy (non-hydrogen) atoms. The van der Waals surface area contributed by atoms with Crippen molar-refractivity contribution in [3.63, 3.8) is 0 Å². The van der Waals surface area contributed by atoms with Gasteiger partial charge in [-0.25, -0.2) is 0 Å². The lowest BCUT2D eigenvalue weighted by Gasteiger charge is -2.17. The van der Waals surface area contributed by atoms with Crippen LogP contribution in [0.4, 0.5) is 0 Å². The molecule has 1 heterocycles. The van der Waals surface area contributed by atoms with Crippen LogP contribution in [-0.4, -0.2) is 30.8 Å². The summed E-state index contributed by atoms with van der Waals surface area (Å²) < 4.78 is 6.42. The van der Waals surface area contributed by atoms with Crippen LogP contribution >= 0.6 is 39.9 Å². The van der Waals surface area contributed by atoms with Crippen molar-refractivity contribution < 1.29 is 4.52 Å². The molecule has 0 amide bonds. The molecule has 0 aliphatic heterocycles. The van der Waals surface area contributed by atoms with Gasteiger partial charge in [0, 0.05) is 28.5 Å². The molecule has 1 aromatic carbocycles. The standard InChI is InChI=1S/C20H27BrN4O.HI/c1-4-22-19(23-12-9-16-14(2)25-26-15(16)3)24-13-20(10-11-20)17-7-5-6-8-18(17)21;/h5-8H,4,9-13H2,1-3H3,(H2,22,23,24);1H. The van der Waals surface area contributed by atoms with Gasteiger partial charge < -0.3 is 15.2 Å². The van der Waals surface area contributed by atoms with Gasteiger partial charge in [-0.3, -0.25) is 4.99 Å². The number of benzene rings is 1. The van der Waals surface area contributed by atoms with Gasteiger partial charge in [-0.2, -0.15) is 0 Å². The highest BCUT2D eigenvalue weighted by atomic mass is 127. The zero-order valence-electron chi connectivity index (χ0n) is 16.1. The maximum atomic E-state index is 5.23. The molecule has 0 saturated heterocycles. The largest absolute Gasteiger partial charge is 0.361 e. The molecule has 3 rings (SSSR count). The lowest BCUT2D eigenvalue weighted by molar-refractivity contribution is 0.392. The second-order valence-corrected chi connectivity index (χ2v) is 7.79. The molecule has 0 spiro atoms. The highest BCUT2D eigenvalue weighted by Crippen LogP contribution is 2.50. The van der Waals surface area contributed by atoms with Crippen LogP contribution in [0.25, 0.3) is 0 Å². The maximum Gasteiger partial charge on any atom is 0.191 e. The van der Waals surface area contributed by atoms with Crippen molar-refractivity contribution in [3.8, 4) is 0 Å². The van der Waals surface area contributed by atoms with Gasteiger partial charge in [0.15, 0.2) is 5.96 Å². The SMILES string of the molecule is CCNC(=NCC1(c2ccccc2Br)CC1)NCCc1c(C)noc1C.I. The van der Waals surface area contributed by atoms with E-state index in [1.165, 1.54) is 28.4 Å². The predicted octanol–water partition coefficient (Wildman–Crippen LogP) is 4.50. The van der Waals surface area contributed by atoms with Crippen molar-refractivity contribution in [2.75, 3.05) is 19.6 Å². The van der Waals surface area contributed by atoms with Gasteiger partial charge in [0.1, 0.15) is 5.76 Å². The van der Waals surface area contributed by atoms with Gasteiger partial charge in [-0.1, -0.05) is 39.3 Å². The molecule has 2 aromatic rings. The summed E-state index contributed by atoms with van der Waals surface area (Å²) in [5.74, 6) is 1.77. The van der Waals surface area contributed by atoms with Crippen LogP contribution in [0.3, 0.4) is 0 Å². The molecular weight excluding hydrogens is 519 g/mol. The smallest absolute Gasteiger partial charge is 0.191 e. The Morgan fingerprint density at radius 3 is 2.59 bits per heavy atom. The lowest BCUT2D eigenvalue weighted by atomic mass is 9.96. The van der Waals surface area contributed by atoms with Crippen molar-refractivity contribution in [3.05, 3.63) is 51.3 Å². The highest BCUT2D eigenvalue weighted by Gasteiger charge is 2.45. The minimum atomic E-state index is 0. The summed E-state index contributed by atoms with van der Waals surface area (Å²) >= 11 is 3.69. The molecule has 1 aliphatic carbocycles. The number of aromatic nitrogens is 1. The Kier molecular flexibility index (Phi) is 8.15. The minimum Gasteiger partial charge on any atom is -0.361 e. The van der Waals surface area contributed by atoms with Crippen LogP contribution in [0.1, 0.15) is 42.3 Å². The van der Waals surface area contributed by atoms with Crippen LogP contribution in [0.2, 0.25) is 0 Å². The van der Waals surface area contributed by atoms with Crippen LogP contribution < -0.4 is 10.6 Å². The third kappa shape index (κ3) is 5.47. The molecule has 1 saturated carbocycles. The van der Waals surface area contributed by atoms with Crippen molar-refractivity contribution in [1.82, 2.24) is 15.8 Å². The second kappa shape index (κ2) is 9.91. The summed E-state index contributed by atoms with van der Waals surface area (Å²) in [4.78, 5) is 4.86. The number of nitrogens with zero attached hydrogens (tertiary/aromatic N) is 2. The van der Waals surface area contributed by atoms with E-state index in [-0.39, 0.29) is 29.4 Å². The van der Waals surface area contributed by atoms with Gasteiger partial charge in [0.25, 0.3) is 0 Å². The van der Waals surface area contributed by atoms with E-state index < -0.39 is 0 Å². The molecule has 1 aromatic heterocycles. The first-order valence-corrected chi connectivity index (χ1v) is 10.0. The lowest BCUT2D eigenvalue weighted by Crippen LogP contribution is -2.39. The summed E-state index contributed by atoms with van der Waals surface area (Å²) in [5, 5.41) is 10.8. The van der Waals surface area contributed by atoms with E-state index in [9.17, 15) is 0 Å². The van der Waals surface area contributed by atoms with E-state index in [1.807, 2.05) is 13.8 Å². The quantitative estimate of drug-likeness (QED) is 0.305. The summed E-state index contributed by atoms with van der Waals surface area (Å²) in [6.07, 6.45) is 3.26. The van der Waals surface area contributed by atoms with Gasteiger partial charge in [0.05, 0.1) is 12.2 Å². The molecule has 1 fully saturated rings. The van der Waals surface area contributed by atoms with Gasteiger partial charge in [-0.05, 0) is 51.7 Å². The Balaban J connectivity index is 0.00000261. The number of guanidine groups is 1. The molecule has 0 bridgehead atoms. The first-order chi connectivity index (χ1) is 12.6. The Morgan fingerprint density at radius 2 is 2.00 bits per heavy atom. The summed E-state index contributed by atoms with van der Waals surface area (Å²) in [7, 11) is 0. The number of aryl methyl sites for hydroxylation is 2. The predicted molar refractivity (Wildman–Crippen MR) is 124 cm³/mol. The fraction of sp³-hybridized carbons (Fsp3) is 0.500. The molecule has 0 atom stereocenters. The van der Waals surface area contributed by atoms with Gasteiger partial charge >= 0.3 is 0 Å². The summed E-state index contributed by atoms with van der Waals surface area (Å²) in [6, 6.07) is 8.50. The maximum absolute atomic E-state index is 5.23. The second-order valence-electron chi connectivity index (χ2n) is 6.93. The highest BCUT2D eigenvalue weighted by molar-refractivity contribution is 14.0. The van der Waals surface area contributed by atoms with Gasteiger partial charge in [-0.15, -0.1) is 24.0 Å². The number of halogens is 2. The first kappa shape index (κ1) is 22.2. The fourth-order valence-corrected chi connectivity index (χ4v) is 4.00. The molecule has 0 unspecified atom stereocenters. The van der Waals surface area contributed by atoms with Crippen molar-refractivity contribution in [2.24, 2.45) is 4.99 Å². The van der Waals surface area contributed by atoms with Crippen molar-refractivity contribution in [1.29, 1.82) is 0 Å². The third-order valence-electron chi connectivity index (χ3n) is 5.03. The number of nitrogens with one attached hydrogen (secondary N) is 2. The molecule has 0 radical (unpaired) electrons. The van der Waals surface area contributed by atoms with E-state index in [0.717, 1.165) is 43.5 Å². The Morgan fingerprint density at radius 1 is 1.26 bits per heavy atom. The number of hydrogen-bond acceptors (Lipinski definition) is 3. The van der Waals surface area contributed by atoms with E-state index in [1.54, 1.807) is 0 Å². The van der Waals surface area contributed by atoms with Crippen LogP contribution in [0.5, 0.6) is 0 Å². The first-order valence-electron chi connectivity index (χ1n) is 9.24. The van der Waals surface area contributed by atoms with Crippen molar-refractivity contribution >= 4 is 45.9 Å². The summed E-state index contributed by atoms with van der Waals surface area (Å²) in [5.41, 5.74) is 3.71. The number of aliphatic imine (C=N–C) groups is 1. The van der Waals surface area contributed by atoms with E-state index in [0.29, 0.717) is 0 Å². The average Bonchev–Trinajstić information content (AvgIpc) is 3.35. The van der Waals surface area contributed by atoms with E-state index in [2.05, 4.69) is 62.9 Å². The van der Waals surface area contributed by atoms with E-state index in [4.69, 9.17) is 9.52 Å². The normalized spacial score (nSPS) is 15.2. The number of rotatable bonds is 7. The van der Waals surface area contributed by atoms with Crippen LogP contribution in [0, 0.1) is 13.8 Å². The Labute approximate surface area is 186 Å².